The summed E-state index contributed by atoms with van der Waals surface area (Å²) in [6, 6.07) is 29.2. The number of aliphatic imine (C=N–C) groups is 1. The normalized spacial score (nSPS) is 12.5. The van der Waals surface area contributed by atoms with Crippen molar-refractivity contribution >= 4 is 242 Å². The zero-order valence-corrected chi connectivity index (χ0v) is 78.0. The van der Waals surface area contributed by atoms with E-state index in [0.29, 0.717) is 93.3 Å². The molecule has 0 radical (unpaired) electrons. The van der Waals surface area contributed by atoms with Crippen LogP contribution in [0, 0.1) is 0 Å². The maximum atomic E-state index is 12.5. The molecular weight excluding hydrogens is 2320 g/mol. The van der Waals surface area contributed by atoms with Crippen molar-refractivity contribution in [2.45, 2.75) is 96.1 Å². The molecular formula is C61H79I8N7O15S4V2-. The van der Waals surface area contributed by atoms with Crippen molar-refractivity contribution in [2.24, 2.45) is 4.99 Å². The number of nitrogens with one attached hydrogen (secondary N) is 3. The monoisotopic (exact) mass is 2390 g/mol. The van der Waals surface area contributed by atoms with Gasteiger partial charge in [0.2, 0.25) is 11.8 Å². The third-order valence-electron chi connectivity index (χ3n) is 12.6. The van der Waals surface area contributed by atoms with Gasteiger partial charge in [0.25, 0.3) is 5.91 Å². The van der Waals surface area contributed by atoms with Crippen molar-refractivity contribution in [1.29, 1.82) is 0 Å². The van der Waals surface area contributed by atoms with E-state index in [4.69, 9.17) is 44.4 Å². The fourth-order valence-corrected chi connectivity index (χ4v) is 10.2. The molecule has 3 heterocycles. The summed E-state index contributed by atoms with van der Waals surface area (Å²) in [6.07, 6.45) is 5.39. The number of nitrogens with zero attached hydrogens (tertiary/aromatic N) is 3. The molecule has 0 aliphatic carbocycles. The second kappa shape index (κ2) is 59.1. The molecule has 97 heavy (non-hydrogen) atoms. The number of amidine groups is 1. The van der Waals surface area contributed by atoms with E-state index in [1.54, 1.807) is 97.9 Å². The van der Waals surface area contributed by atoms with Crippen LogP contribution < -0.4 is 53.9 Å². The first-order valence-corrected chi connectivity index (χ1v) is 66.1. The Balaban J connectivity index is 0. The van der Waals surface area contributed by atoms with Gasteiger partial charge in [-0.1, -0.05) is 111 Å². The number of aromatic nitrogens is 2. The van der Waals surface area contributed by atoms with Gasteiger partial charge >= 0.3 is 189 Å². The average Bonchev–Trinajstić information content (AvgIpc) is 1.20. The Bertz CT molecular complexity index is 3180. The third-order valence-corrected chi connectivity index (χ3v) is 15.4. The van der Waals surface area contributed by atoms with E-state index in [2.05, 4.69) is 168 Å². The van der Waals surface area contributed by atoms with Crippen LogP contribution in [0.2, 0.25) is 0 Å². The van der Waals surface area contributed by atoms with Gasteiger partial charge in [0.1, 0.15) is 38.0 Å². The van der Waals surface area contributed by atoms with Gasteiger partial charge in [-0.25, -0.2) is 14.8 Å². The molecule has 4 aromatic carbocycles. The molecule has 7 N–H and O–H groups in total. The summed E-state index contributed by atoms with van der Waals surface area (Å²) in [5, 5.41) is 26.9. The van der Waals surface area contributed by atoms with E-state index in [-0.39, 0.29) is 65.2 Å². The summed E-state index contributed by atoms with van der Waals surface area (Å²) >= 11 is 20.9. The Hall–Kier alpha value is -1.19. The van der Waals surface area contributed by atoms with Gasteiger partial charge in [-0.05, 0) is 110 Å². The van der Waals surface area contributed by atoms with Gasteiger partial charge in [0, 0.05) is 7.05 Å². The summed E-state index contributed by atoms with van der Waals surface area (Å²) in [6.45, 7) is 12.2. The number of carbonyl (C=O) groups is 7. The number of carboxylic acids is 2. The van der Waals surface area contributed by atoms with E-state index in [9.17, 15) is 33.6 Å². The zero-order chi connectivity index (χ0) is 72.7. The number of rotatable bonds is 22. The molecule has 0 fully saturated rings. The molecule has 0 spiro atoms. The minimum atomic E-state index is -0.780. The maximum absolute atomic E-state index is 12.5. The third kappa shape index (κ3) is 40.6. The van der Waals surface area contributed by atoms with Crippen molar-refractivity contribution in [3.8, 4) is 23.0 Å². The van der Waals surface area contributed by atoms with Gasteiger partial charge in [-0.2, -0.15) is 13.5 Å². The number of nitrogen functional groups attached to an aromatic ring is 1. The molecule has 1 aliphatic rings. The first kappa shape index (κ1) is 97.9. The van der Waals surface area contributed by atoms with E-state index < -0.39 is 23.8 Å². The second-order valence-corrected chi connectivity index (χ2v) is 85.0. The van der Waals surface area contributed by atoms with Crippen LogP contribution >= 0.6 is 185 Å². The molecule has 36 heteroatoms. The van der Waals surface area contributed by atoms with Crippen molar-refractivity contribution in [3.63, 3.8) is 0 Å². The number of ether oxygens (including phenoxy) is 6. The summed E-state index contributed by atoms with van der Waals surface area (Å²) in [5.41, 5.74) is 8.78. The number of amides is 3. The molecule has 6 aromatic rings. The zero-order valence-electron chi connectivity index (χ0n) is 54.5. The second-order valence-electron chi connectivity index (χ2n) is 18.3. The molecule has 2 unspecified atom stereocenters. The molecule has 22 nitrogen and oxygen atoms in total. The number of esters is 2. The predicted molar refractivity (Wildman–Crippen MR) is 443 cm³/mol. The van der Waals surface area contributed by atoms with Crippen LogP contribution in [0.15, 0.2) is 114 Å². The summed E-state index contributed by atoms with van der Waals surface area (Å²) in [4.78, 5) is 93.5. The number of thioether (sulfide) groups is 1. The molecule has 2 aromatic heterocycles. The fraction of sp³-hybridized carbons (Fsp3) is 0.377. The standard InChI is InChI=1S/C17H22N2O4S.C16H19N3O3S.2C11H14O3.C6H8N2O2S.I3.5HI.H2S.2V/c1-4-13(11-6-8-12(22-3)9-7-11)15(20)19-17-18-10-14(24-17)16(21)23-5-2;1-4-12(10-5-7-11(22-3)8-6-10)14(20)19-16-18-9-13(23-16)15(21)17-2;2*1-3-10(11(12)13)8-4-6-9(14-2)7-5-8;1-2-10-5(9)4-3-8-6(7)11-4;1-3-2;;;;;;;;/h6-9,13-14H,4-5,10H2,1-3H3,(H,18,19,20);5-9,12H,4H2,1-3H3,(H,17,21)(H,18,19,20);2*4-7,10H,3H2,1-2H3,(H,12,13);3H,2H2,1H3,(H2,7,8);;5*1H;1H2;;/q;;;;;-1;;;;;;;+2;+3/p-5/t13-,14?;12-;10-;;;;;;;;;;;/m000.........../s1. The molecule has 539 valence electrons. The van der Waals surface area contributed by atoms with Gasteiger partial charge in [-0.3, -0.25) is 33.8 Å². The topological polar surface area (TPSA) is 316 Å². The van der Waals surface area contributed by atoms with Crippen LogP contribution in [0.1, 0.15) is 132 Å². The van der Waals surface area contributed by atoms with Gasteiger partial charge in [0.05, 0.1) is 84.3 Å². The van der Waals surface area contributed by atoms with Crippen LogP contribution in [0.3, 0.4) is 0 Å². The first-order valence-electron chi connectivity index (χ1n) is 28.5. The number of anilines is 2. The predicted octanol–water partition coefficient (Wildman–Crippen LogP) is 13.7. The van der Waals surface area contributed by atoms with E-state index >= 15 is 0 Å². The molecule has 3 amide bonds. The number of hydrogen-bond donors (Lipinski definition) is 6. The molecule has 5 atom stereocenters. The quantitative estimate of drug-likeness (QED) is 0.0272. The summed E-state index contributed by atoms with van der Waals surface area (Å²) < 4.78 is 30.0. The number of carboxylic acid groups (broad SMARTS) is 2. The molecule has 0 saturated carbocycles. The Labute approximate surface area is 683 Å². The van der Waals surface area contributed by atoms with Gasteiger partial charge in [-0.15, -0.1) is 0 Å². The van der Waals surface area contributed by atoms with Crippen molar-refractivity contribution in [1.82, 2.24) is 20.6 Å². The minimum absolute atomic E-state index is 0. The summed E-state index contributed by atoms with van der Waals surface area (Å²) in [5.74, 6) is -1.10. The van der Waals surface area contributed by atoms with Crippen molar-refractivity contribution in [3.05, 3.63) is 141 Å². The number of aliphatic carboxylic acids is 2. The van der Waals surface area contributed by atoms with Crippen LogP contribution in [-0.2, 0) is 47.8 Å². The number of benzene rings is 4. The van der Waals surface area contributed by atoms with Crippen LogP contribution in [0.4, 0.5) is 10.3 Å². The van der Waals surface area contributed by atoms with Gasteiger partial charge in [0.15, 0.2) is 15.4 Å². The molecule has 7 rings (SSSR count). The fourth-order valence-electron chi connectivity index (χ4n) is 7.93. The Morgan fingerprint density at radius 2 is 0.938 bits per heavy atom. The number of nitrogens with two attached hydrogens (primary N) is 1. The number of thiazole rings is 2. The van der Waals surface area contributed by atoms with Crippen LogP contribution in [0.5, 0.6) is 23.0 Å². The molecule has 0 saturated heterocycles. The number of carbonyl (C=O) groups excluding carboxylic acids is 5. The first-order chi connectivity index (χ1) is 45.8. The summed E-state index contributed by atoms with van der Waals surface area (Å²) in [7, 11) is 8.56. The van der Waals surface area contributed by atoms with Crippen molar-refractivity contribution in [2.75, 3.05) is 66.3 Å². The van der Waals surface area contributed by atoms with Gasteiger partial charge < -0.3 is 60.3 Å². The molecule has 1 aliphatic heterocycles. The van der Waals surface area contributed by atoms with E-state index in [1.165, 1.54) is 24.2 Å². The van der Waals surface area contributed by atoms with Crippen LogP contribution in [0.25, 0.3) is 0 Å². The van der Waals surface area contributed by atoms with E-state index in [1.807, 2.05) is 76.2 Å². The van der Waals surface area contributed by atoms with Crippen LogP contribution in [-0.4, -0.2) is 127 Å². The number of halogens is 8. The Morgan fingerprint density at radius 3 is 1.24 bits per heavy atom. The number of hydrogen-bond acceptors (Lipinski definition) is 20. The number of methoxy groups -OCH3 is 4. The molecule has 0 bridgehead atoms. The Kier molecular flexibility index (Phi) is 59.6. The average molecular weight is 2400 g/mol. The Morgan fingerprint density at radius 1 is 0.598 bits per heavy atom. The van der Waals surface area contributed by atoms with Crippen molar-refractivity contribution < 1.29 is 99.8 Å². The van der Waals surface area contributed by atoms with E-state index in [0.717, 1.165) is 67.9 Å². The SMILES string of the molecule is CCC(C(=O)O)c1ccc(OC)cc1.CCOC(=O)C1CN=C(NC(=O)[C@@H](CC)c2ccc(OC)cc2)S1.CCOC(=O)c1cnc(N)s1.CC[C@H](C(=O)Nc1ncc(C(=O)NC)s1)c1ccc(OC)cc1.CC[C@H](C(=O)O)c1ccc(OC)cc1.I[I-]I.S.[I][V]([I])[I].[I][V][I].